The van der Waals surface area contributed by atoms with Crippen molar-refractivity contribution in [3.05, 3.63) is 73.9 Å². The maximum Gasteiger partial charge on any atom is 0.267 e. The van der Waals surface area contributed by atoms with E-state index in [-0.39, 0.29) is 5.56 Å². The zero-order valence-electron chi connectivity index (χ0n) is 17.0. The Kier molecular flexibility index (Phi) is 5.71. The molecule has 0 radical (unpaired) electrons. The number of halogens is 2. The number of rotatable bonds is 4. The molecule has 1 aliphatic rings. The molecule has 0 amide bonds. The Balaban J connectivity index is 1.63. The molecule has 0 bridgehead atoms. The number of likely N-dealkylation sites (tertiary alicyclic amines) is 1. The van der Waals surface area contributed by atoms with Gasteiger partial charge in [-0.15, -0.1) is 11.3 Å². The molecule has 1 saturated heterocycles. The first kappa shape index (κ1) is 21.1. The highest BCUT2D eigenvalue weighted by Gasteiger charge is 2.19. The SMILES string of the molecule is N=C1CCCCN1Cc1csc(-c2nc3ccc(Cl)cc3c(=O)n2-c2ccc(Cl)cn2)c1. The zero-order chi connectivity index (χ0) is 22.2. The second-order valence-corrected chi connectivity index (χ2v) is 9.50. The minimum Gasteiger partial charge on any atom is -0.356 e. The summed E-state index contributed by atoms with van der Waals surface area (Å²) in [5.74, 6) is 1.65. The lowest BCUT2D eigenvalue weighted by molar-refractivity contribution is 0.361. The van der Waals surface area contributed by atoms with Crippen LogP contribution in [0.5, 0.6) is 0 Å². The summed E-state index contributed by atoms with van der Waals surface area (Å²) < 4.78 is 1.51. The van der Waals surface area contributed by atoms with Crippen LogP contribution in [0.2, 0.25) is 10.0 Å². The van der Waals surface area contributed by atoms with E-state index in [9.17, 15) is 4.79 Å². The second kappa shape index (κ2) is 8.65. The van der Waals surface area contributed by atoms with Crippen molar-refractivity contribution < 1.29 is 0 Å². The second-order valence-electron chi connectivity index (χ2n) is 7.72. The van der Waals surface area contributed by atoms with Crippen LogP contribution >= 0.6 is 34.5 Å². The molecule has 0 saturated carbocycles. The fourth-order valence-electron chi connectivity index (χ4n) is 3.89. The minimum absolute atomic E-state index is 0.241. The standard InChI is InChI=1S/C23H19Cl2N5OS/c24-15-4-6-18-17(10-15)23(31)30(21-7-5-16(25)11-27-21)22(28-18)19-9-14(13-32-19)12-29-8-2-1-3-20(29)26/h4-7,9-11,13,26H,1-3,8,12H2. The first-order chi connectivity index (χ1) is 15.5. The Morgan fingerprint density at radius 3 is 2.72 bits per heavy atom. The van der Waals surface area contributed by atoms with Gasteiger partial charge in [-0.2, -0.15) is 0 Å². The number of benzene rings is 1. The van der Waals surface area contributed by atoms with E-state index in [0.29, 0.717) is 45.0 Å². The number of hydrogen-bond donors (Lipinski definition) is 1. The molecule has 5 rings (SSSR count). The highest BCUT2D eigenvalue weighted by Crippen LogP contribution is 2.30. The van der Waals surface area contributed by atoms with Gasteiger partial charge in [-0.3, -0.25) is 10.2 Å². The number of hydrogen-bond acceptors (Lipinski definition) is 5. The Labute approximate surface area is 198 Å². The fourth-order valence-corrected chi connectivity index (χ4v) is 5.06. The van der Waals surface area contributed by atoms with Gasteiger partial charge in [-0.1, -0.05) is 23.2 Å². The van der Waals surface area contributed by atoms with E-state index in [0.717, 1.165) is 36.2 Å². The van der Waals surface area contributed by atoms with Crippen LogP contribution in [0.25, 0.3) is 27.4 Å². The van der Waals surface area contributed by atoms with Gasteiger partial charge in [0.15, 0.2) is 5.82 Å². The maximum absolute atomic E-state index is 13.5. The topological polar surface area (TPSA) is 74.9 Å². The molecule has 4 aromatic rings. The molecule has 162 valence electrons. The van der Waals surface area contributed by atoms with Crippen molar-refractivity contribution >= 4 is 51.3 Å². The van der Waals surface area contributed by atoms with Crippen molar-refractivity contribution in [1.29, 1.82) is 5.41 Å². The van der Waals surface area contributed by atoms with Crippen LogP contribution in [-0.2, 0) is 6.54 Å². The van der Waals surface area contributed by atoms with Gasteiger partial charge in [-0.25, -0.2) is 14.5 Å². The average Bonchev–Trinajstić information content (AvgIpc) is 3.25. The summed E-state index contributed by atoms with van der Waals surface area (Å²) in [6, 6.07) is 10.6. The number of fused-ring (bicyclic) bond motifs is 1. The number of thiophene rings is 1. The first-order valence-electron chi connectivity index (χ1n) is 10.2. The molecule has 9 heteroatoms. The lowest BCUT2D eigenvalue weighted by Crippen LogP contribution is -2.33. The lowest BCUT2D eigenvalue weighted by atomic mass is 10.1. The van der Waals surface area contributed by atoms with E-state index in [4.69, 9.17) is 33.6 Å². The Morgan fingerprint density at radius 1 is 1.09 bits per heavy atom. The van der Waals surface area contributed by atoms with Crippen molar-refractivity contribution in [2.24, 2.45) is 0 Å². The number of nitrogens with one attached hydrogen (secondary N) is 1. The molecule has 1 N–H and O–H groups in total. The van der Waals surface area contributed by atoms with Crippen LogP contribution < -0.4 is 5.56 Å². The summed E-state index contributed by atoms with van der Waals surface area (Å²) >= 11 is 13.7. The third-order valence-corrected chi connectivity index (χ3v) is 6.93. The van der Waals surface area contributed by atoms with Crippen LogP contribution in [0.3, 0.4) is 0 Å². The van der Waals surface area contributed by atoms with Crippen molar-refractivity contribution in [3.63, 3.8) is 0 Å². The van der Waals surface area contributed by atoms with Crippen molar-refractivity contribution in [3.8, 4) is 16.5 Å². The molecular weight excluding hydrogens is 465 g/mol. The van der Waals surface area contributed by atoms with Crippen molar-refractivity contribution in [1.82, 2.24) is 19.4 Å². The van der Waals surface area contributed by atoms with Gasteiger partial charge >= 0.3 is 0 Å². The predicted molar refractivity (Wildman–Crippen MR) is 130 cm³/mol. The lowest BCUT2D eigenvalue weighted by Gasteiger charge is -2.28. The molecule has 3 aromatic heterocycles. The van der Waals surface area contributed by atoms with Gasteiger partial charge in [0.1, 0.15) is 5.82 Å². The van der Waals surface area contributed by atoms with E-state index in [2.05, 4.69) is 15.3 Å². The molecule has 0 aliphatic carbocycles. The van der Waals surface area contributed by atoms with Crippen LogP contribution in [-0.4, -0.2) is 31.8 Å². The molecule has 0 atom stereocenters. The van der Waals surface area contributed by atoms with Crippen LogP contribution in [0.1, 0.15) is 24.8 Å². The molecule has 4 heterocycles. The molecule has 6 nitrogen and oxygen atoms in total. The first-order valence-corrected chi connectivity index (χ1v) is 11.9. The molecule has 32 heavy (non-hydrogen) atoms. The summed E-state index contributed by atoms with van der Waals surface area (Å²) in [5.41, 5.74) is 1.43. The smallest absolute Gasteiger partial charge is 0.267 e. The van der Waals surface area contributed by atoms with E-state index >= 15 is 0 Å². The molecule has 0 spiro atoms. The van der Waals surface area contributed by atoms with E-state index in [1.54, 1.807) is 30.3 Å². The minimum atomic E-state index is -0.241. The van der Waals surface area contributed by atoms with Gasteiger partial charge < -0.3 is 4.90 Å². The summed E-state index contributed by atoms with van der Waals surface area (Å²) in [5, 5.41) is 11.7. The zero-order valence-corrected chi connectivity index (χ0v) is 19.3. The Bertz CT molecular complexity index is 1380. The van der Waals surface area contributed by atoms with Gasteiger partial charge in [0, 0.05) is 30.7 Å². The van der Waals surface area contributed by atoms with Crippen LogP contribution in [0, 0.1) is 5.41 Å². The molecule has 1 fully saturated rings. The van der Waals surface area contributed by atoms with E-state index in [1.807, 2.05) is 6.07 Å². The molecule has 0 unspecified atom stereocenters. The fraction of sp³-hybridized carbons (Fsp3) is 0.217. The quantitative estimate of drug-likeness (QED) is 0.399. The van der Waals surface area contributed by atoms with Crippen molar-refractivity contribution in [2.45, 2.75) is 25.8 Å². The predicted octanol–water partition coefficient (Wildman–Crippen LogP) is 5.78. The van der Waals surface area contributed by atoms with Crippen molar-refractivity contribution in [2.75, 3.05) is 6.54 Å². The molecule has 1 aliphatic heterocycles. The number of piperidine rings is 1. The van der Waals surface area contributed by atoms with Crippen LogP contribution in [0.4, 0.5) is 0 Å². The normalized spacial score (nSPS) is 14.3. The summed E-state index contributed by atoms with van der Waals surface area (Å²) in [4.78, 5) is 25.6. The summed E-state index contributed by atoms with van der Waals surface area (Å²) in [6.07, 6.45) is 4.52. The Morgan fingerprint density at radius 2 is 1.94 bits per heavy atom. The van der Waals surface area contributed by atoms with Gasteiger partial charge in [-0.05, 0) is 60.2 Å². The van der Waals surface area contributed by atoms with Crippen LogP contribution in [0.15, 0.2) is 52.8 Å². The largest absolute Gasteiger partial charge is 0.356 e. The third kappa shape index (κ3) is 4.03. The molecule has 1 aromatic carbocycles. The summed E-state index contributed by atoms with van der Waals surface area (Å²) in [6.45, 7) is 1.58. The average molecular weight is 484 g/mol. The molecular formula is C23H19Cl2N5OS. The van der Waals surface area contributed by atoms with E-state index < -0.39 is 0 Å². The highest BCUT2D eigenvalue weighted by molar-refractivity contribution is 7.13. The number of nitrogens with zero attached hydrogens (tertiary/aromatic N) is 4. The monoisotopic (exact) mass is 483 g/mol. The number of aromatic nitrogens is 3. The Hall–Kier alpha value is -2.74. The summed E-state index contributed by atoms with van der Waals surface area (Å²) in [7, 11) is 0. The van der Waals surface area contributed by atoms with Gasteiger partial charge in [0.2, 0.25) is 0 Å². The third-order valence-electron chi connectivity index (χ3n) is 5.49. The maximum atomic E-state index is 13.5. The van der Waals surface area contributed by atoms with Gasteiger partial charge in [0.25, 0.3) is 5.56 Å². The van der Waals surface area contributed by atoms with E-state index in [1.165, 1.54) is 22.1 Å². The highest BCUT2D eigenvalue weighted by atomic mass is 35.5. The van der Waals surface area contributed by atoms with Gasteiger partial charge in [0.05, 0.1) is 26.6 Å². The number of pyridine rings is 1. The number of amidine groups is 1.